The van der Waals surface area contributed by atoms with E-state index in [9.17, 15) is 0 Å². The summed E-state index contributed by atoms with van der Waals surface area (Å²) in [5.74, 6) is 0.205. The summed E-state index contributed by atoms with van der Waals surface area (Å²) in [5, 5.41) is 0.423. The van der Waals surface area contributed by atoms with E-state index in [1.165, 1.54) is 5.56 Å². The number of nitrogens with two attached hydrogens (primary N) is 1. The molecule has 4 heteroatoms. The molecule has 1 heterocycles. The zero-order valence-corrected chi connectivity index (χ0v) is 8.78. The summed E-state index contributed by atoms with van der Waals surface area (Å²) in [6.45, 7) is 0. The second-order valence-electron chi connectivity index (χ2n) is 3.21. The molecule has 15 heavy (non-hydrogen) atoms. The van der Waals surface area contributed by atoms with E-state index >= 15 is 0 Å². The molecule has 0 radical (unpaired) electrons. The van der Waals surface area contributed by atoms with Gasteiger partial charge in [-0.15, -0.1) is 0 Å². The predicted octanol–water partition coefficient (Wildman–Crippen LogP) is 2.30. The lowest BCUT2D eigenvalue weighted by molar-refractivity contribution is 1.08. The van der Waals surface area contributed by atoms with E-state index in [4.69, 9.17) is 17.3 Å². The van der Waals surface area contributed by atoms with Gasteiger partial charge in [0.2, 0.25) is 5.95 Å². The van der Waals surface area contributed by atoms with Gasteiger partial charge >= 0.3 is 0 Å². The zero-order valence-electron chi connectivity index (χ0n) is 8.02. The molecule has 1 aromatic heterocycles. The van der Waals surface area contributed by atoms with E-state index < -0.39 is 0 Å². The molecule has 1 aromatic carbocycles. The van der Waals surface area contributed by atoms with Crippen molar-refractivity contribution in [2.24, 2.45) is 0 Å². The van der Waals surface area contributed by atoms with Crippen molar-refractivity contribution in [1.29, 1.82) is 0 Å². The zero-order chi connectivity index (χ0) is 10.7. The lowest BCUT2D eigenvalue weighted by atomic mass is 10.1. The van der Waals surface area contributed by atoms with Crippen LogP contribution >= 0.6 is 11.6 Å². The smallest absolute Gasteiger partial charge is 0.221 e. The molecule has 2 rings (SSSR count). The number of halogens is 1. The van der Waals surface area contributed by atoms with Crippen molar-refractivity contribution >= 4 is 17.5 Å². The molecule has 0 aliphatic rings. The van der Waals surface area contributed by atoms with Gasteiger partial charge in [0.1, 0.15) is 5.15 Å². The van der Waals surface area contributed by atoms with Crippen LogP contribution in [0.3, 0.4) is 0 Å². The third-order valence-electron chi connectivity index (χ3n) is 2.07. The largest absolute Gasteiger partial charge is 0.368 e. The van der Waals surface area contributed by atoms with Gasteiger partial charge in [0.15, 0.2) is 0 Å². The first kappa shape index (κ1) is 9.93. The van der Waals surface area contributed by atoms with Crippen LogP contribution in [0, 0.1) is 0 Å². The van der Waals surface area contributed by atoms with Crippen molar-refractivity contribution < 1.29 is 0 Å². The monoisotopic (exact) mass is 219 g/mol. The highest BCUT2D eigenvalue weighted by atomic mass is 35.5. The van der Waals surface area contributed by atoms with Gasteiger partial charge in [0.25, 0.3) is 0 Å². The fourth-order valence-corrected chi connectivity index (χ4v) is 1.54. The Kier molecular flexibility index (Phi) is 2.83. The van der Waals surface area contributed by atoms with Crippen molar-refractivity contribution in [3.8, 4) is 0 Å². The molecule has 2 aromatic rings. The molecule has 0 atom stereocenters. The third-order valence-corrected chi connectivity index (χ3v) is 2.39. The Bertz CT molecular complexity index is 457. The molecule has 0 amide bonds. The van der Waals surface area contributed by atoms with E-state index in [-0.39, 0.29) is 5.95 Å². The van der Waals surface area contributed by atoms with Crippen molar-refractivity contribution in [2.45, 2.75) is 6.42 Å². The van der Waals surface area contributed by atoms with Crippen molar-refractivity contribution in [2.75, 3.05) is 5.73 Å². The van der Waals surface area contributed by atoms with Gasteiger partial charge in [0.05, 0.1) is 0 Å². The summed E-state index contributed by atoms with van der Waals surface area (Å²) in [7, 11) is 0. The van der Waals surface area contributed by atoms with E-state index in [1.54, 1.807) is 6.20 Å². The molecule has 0 bridgehead atoms. The summed E-state index contributed by atoms with van der Waals surface area (Å²) in [6.07, 6.45) is 2.39. The van der Waals surface area contributed by atoms with Crippen LogP contribution in [0.15, 0.2) is 36.5 Å². The number of nitrogen functional groups attached to an aromatic ring is 1. The fraction of sp³-hybridized carbons (Fsp3) is 0.0909. The lowest BCUT2D eigenvalue weighted by Gasteiger charge is -2.03. The lowest BCUT2D eigenvalue weighted by Crippen LogP contribution is -1.98. The third kappa shape index (κ3) is 2.44. The normalized spacial score (nSPS) is 10.2. The molecular weight excluding hydrogens is 210 g/mol. The van der Waals surface area contributed by atoms with Gasteiger partial charge in [-0.25, -0.2) is 9.97 Å². The van der Waals surface area contributed by atoms with Crippen LogP contribution in [0.4, 0.5) is 5.95 Å². The minimum atomic E-state index is 0.205. The number of aromatic nitrogens is 2. The first-order chi connectivity index (χ1) is 7.25. The Labute approximate surface area is 92.9 Å². The summed E-state index contributed by atoms with van der Waals surface area (Å²) in [4.78, 5) is 7.82. The maximum Gasteiger partial charge on any atom is 0.221 e. The van der Waals surface area contributed by atoms with Gasteiger partial charge < -0.3 is 5.73 Å². The quantitative estimate of drug-likeness (QED) is 0.789. The average Bonchev–Trinajstić information content (AvgIpc) is 2.24. The Hall–Kier alpha value is -1.61. The van der Waals surface area contributed by atoms with Gasteiger partial charge in [-0.3, -0.25) is 0 Å². The maximum atomic E-state index is 5.95. The molecular formula is C11H10ClN3. The number of hydrogen-bond donors (Lipinski definition) is 1. The molecule has 0 unspecified atom stereocenters. The highest BCUT2D eigenvalue weighted by Crippen LogP contribution is 2.16. The Morgan fingerprint density at radius 3 is 2.60 bits per heavy atom. The molecule has 2 N–H and O–H groups in total. The van der Waals surface area contributed by atoms with Crippen LogP contribution in [0.2, 0.25) is 5.15 Å². The minimum Gasteiger partial charge on any atom is -0.368 e. The van der Waals surface area contributed by atoms with E-state index in [2.05, 4.69) is 9.97 Å². The summed E-state index contributed by atoms with van der Waals surface area (Å²) in [5.41, 5.74) is 7.47. The molecule has 0 spiro atoms. The van der Waals surface area contributed by atoms with Crippen LogP contribution in [0.1, 0.15) is 11.1 Å². The second-order valence-corrected chi connectivity index (χ2v) is 3.56. The van der Waals surface area contributed by atoms with Crippen LogP contribution < -0.4 is 5.73 Å². The number of anilines is 1. The second kappa shape index (κ2) is 4.28. The van der Waals surface area contributed by atoms with E-state index in [0.29, 0.717) is 5.15 Å². The Morgan fingerprint density at radius 2 is 1.93 bits per heavy atom. The van der Waals surface area contributed by atoms with E-state index in [1.807, 2.05) is 30.3 Å². The van der Waals surface area contributed by atoms with Crippen LogP contribution in [0.5, 0.6) is 0 Å². The van der Waals surface area contributed by atoms with Crippen LogP contribution in [-0.2, 0) is 6.42 Å². The summed E-state index contributed by atoms with van der Waals surface area (Å²) >= 11 is 5.95. The molecule has 0 fully saturated rings. The van der Waals surface area contributed by atoms with Gasteiger partial charge in [0, 0.05) is 18.2 Å². The number of hydrogen-bond acceptors (Lipinski definition) is 3. The predicted molar refractivity (Wildman–Crippen MR) is 60.7 cm³/mol. The van der Waals surface area contributed by atoms with Crippen LogP contribution in [-0.4, -0.2) is 9.97 Å². The molecule has 0 aliphatic heterocycles. The van der Waals surface area contributed by atoms with Gasteiger partial charge in [-0.2, -0.15) is 0 Å². The highest BCUT2D eigenvalue weighted by Gasteiger charge is 2.03. The van der Waals surface area contributed by atoms with Crippen molar-refractivity contribution in [1.82, 2.24) is 9.97 Å². The van der Waals surface area contributed by atoms with Gasteiger partial charge in [-0.1, -0.05) is 41.9 Å². The SMILES string of the molecule is Nc1ncc(Cc2ccccc2)c(Cl)n1. The van der Waals surface area contributed by atoms with Crippen molar-refractivity contribution in [3.05, 3.63) is 52.8 Å². The fourth-order valence-electron chi connectivity index (χ4n) is 1.33. The maximum absolute atomic E-state index is 5.95. The Balaban J connectivity index is 2.25. The number of benzene rings is 1. The standard InChI is InChI=1S/C11H10ClN3/c12-10-9(7-14-11(13)15-10)6-8-4-2-1-3-5-8/h1-5,7H,6H2,(H2,13,14,15). The summed E-state index contributed by atoms with van der Waals surface area (Å²) < 4.78 is 0. The minimum absolute atomic E-state index is 0.205. The first-order valence-corrected chi connectivity index (χ1v) is 4.94. The van der Waals surface area contributed by atoms with Crippen LogP contribution in [0.25, 0.3) is 0 Å². The van der Waals surface area contributed by atoms with Gasteiger partial charge in [-0.05, 0) is 5.56 Å². The number of rotatable bonds is 2. The molecule has 0 aliphatic carbocycles. The highest BCUT2D eigenvalue weighted by molar-refractivity contribution is 6.30. The molecule has 0 saturated carbocycles. The summed E-state index contributed by atoms with van der Waals surface area (Å²) in [6, 6.07) is 10.0. The molecule has 3 nitrogen and oxygen atoms in total. The number of nitrogens with zero attached hydrogens (tertiary/aromatic N) is 2. The van der Waals surface area contributed by atoms with Crippen molar-refractivity contribution in [3.63, 3.8) is 0 Å². The van der Waals surface area contributed by atoms with E-state index in [0.717, 1.165) is 12.0 Å². The first-order valence-electron chi connectivity index (χ1n) is 4.56. The topological polar surface area (TPSA) is 51.8 Å². The molecule has 0 saturated heterocycles. The Morgan fingerprint density at radius 1 is 1.20 bits per heavy atom. The molecule has 76 valence electrons. The average molecular weight is 220 g/mol.